The molecule has 2 aliphatic rings. The van der Waals surface area contributed by atoms with Gasteiger partial charge in [0.2, 0.25) is 0 Å². The number of esters is 1. The number of carbonyl (C=O) groups is 4. The molecule has 0 saturated carbocycles. The van der Waals surface area contributed by atoms with Crippen LogP contribution in [0.2, 0.25) is 0 Å². The maximum absolute atomic E-state index is 13.2. The Morgan fingerprint density at radius 2 is 1.46 bits per heavy atom. The zero-order chi connectivity index (χ0) is 24.7. The summed E-state index contributed by atoms with van der Waals surface area (Å²) in [5.74, 6) is -1.79. The molecular formula is C27H24N2O6. The van der Waals surface area contributed by atoms with Crippen LogP contribution in [0.15, 0.2) is 60.7 Å². The minimum atomic E-state index is -0.661. The summed E-state index contributed by atoms with van der Waals surface area (Å²) in [6, 6.07) is 16.7. The van der Waals surface area contributed by atoms with Gasteiger partial charge in [-0.2, -0.15) is 0 Å². The molecule has 3 aromatic carbocycles. The number of morpholine rings is 1. The number of ether oxygens (including phenoxy) is 2. The first-order valence-corrected chi connectivity index (χ1v) is 11.4. The molecule has 5 rings (SSSR count). The van der Waals surface area contributed by atoms with Gasteiger partial charge in [-0.1, -0.05) is 24.3 Å². The standard InChI is InChI=1S/C27H24N2O6/c1-16-13-28(14-17(2)35-16)23(30)15-34-27(33)19-9-11-20(12-10-19)29-25(31)21-7-3-5-18-6-4-8-22(24(18)21)26(29)32/h3-12,16-17H,13-15H2,1-2H3. The average Bonchev–Trinajstić information content (AvgIpc) is 2.85. The van der Waals surface area contributed by atoms with Crippen molar-refractivity contribution in [1.82, 2.24) is 4.90 Å². The van der Waals surface area contributed by atoms with Gasteiger partial charge in [0.05, 0.1) is 23.5 Å². The van der Waals surface area contributed by atoms with Crippen molar-refractivity contribution < 1.29 is 28.7 Å². The molecule has 0 spiro atoms. The predicted octanol–water partition coefficient (Wildman–Crippen LogP) is 3.43. The van der Waals surface area contributed by atoms with Crippen LogP contribution >= 0.6 is 0 Å². The van der Waals surface area contributed by atoms with Crippen molar-refractivity contribution in [2.75, 3.05) is 24.6 Å². The van der Waals surface area contributed by atoms with Crippen LogP contribution in [0.5, 0.6) is 0 Å². The van der Waals surface area contributed by atoms with Crippen molar-refractivity contribution >= 4 is 40.2 Å². The fourth-order valence-corrected chi connectivity index (χ4v) is 4.70. The van der Waals surface area contributed by atoms with Crippen LogP contribution in [-0.4, -0.2) is 60.5 Å². The molecule has 2 heterocycles. The van der Waals surface area contributed by atoms with Gasteiger partial charge in [-0.15, -0.1) is 0 Å². The van der Waals surface area contributed by atoms with Crippen molar-refractivity contribution in [3.8, 4) is 0 Å². The topological polar surface area (TPSA) is 93.2 Å². The van der Waals surface area contributed by atoms with Crippen LogP contribution in [-0.2, 0) is 14.3 Å². The first-order valence-electron chi connectivity index (χ1n) is 11.4. The number of imide groups is 1. The molecule has 0 bridgehead atoms. The molecule has 0 N–H and O–H groups in total. The number of hydrogen-bond donors (Lipinski definition) is 0. The number of carbonyl (C=O) groups excluding carboxylic acids is 4. The summed E-state index contributed by atoms with van der Waals surface area (Å²) in [6.45, 7) is 4.30. The summed E-state index contributed by atoms with van der Waals surface area (Å²) >= 11 is 0. The average molecular weight is 472 g/mol. The predicted molar refractivity (Wildman–Crippen MR) is 128 cm³/mol. The Bertz CT molecular complexity index is 1290. The molecule has 0 aromatic heterocycles. The second-order valence-corrected chi connectivity index (χ2v) is 8.83. The van der Waals surface area contributed by atoms with Crippen molar-refractivity contribution in [2.24, 2.45) is 0 Å². The van der Waals surface area contributed by atoms with Crippen LogP contribution in [0.3, 0.4) is 0 Å². The van der Waals surface area contributed by atoms with E-state index in [1.807, 2.05) is 26.0 Å². The molecule has 2 aliphatic heterocycles. The van der Waals surface area contributed by atoms with Gasteiger partial charge >= 0.3 is 5.97 Å². The van der Waals surface area contributed by atoms with Crippen LogP contribution in [0.4, 0.5) is 5.69 Å². The minimum absolute atomic E-state index is 0.0786. The molecule has 1 saturated heterocycles. The van der Waals surface area contributed by atoms with Gasteiger partial charge in [-0.05, 0) is 55.6 Å². The summed E-state index contributed by atoms with van der Waals surface area (Å²) in [4.78, 5) is 54.0. The van der Waals surface area contributed by atoms with E-state index < -0.39 is 17.8 Å². The first-order chi connectivity index (χ1) is 16.8. The van der Waals surface area contributed by atoms with E-state index in [1.54, 1.807) is 29.2 Å². The molecule has 0 radical (unpaired) electrons. The lowest BCUT2D eigenvalue weighted by Crippen LogP contribution is -2.49. The van der Waals surface area contributed by atoms with Gasteiger partial charge in [0.1, 0.15) is 0 Å². The Morgan fingerprint density at radius 3 is 2.03 bits per heavy atom. The highest BCUT2D eigenvalue weighted by molar-refractivity contribution is 6.35. The molecule has 178 valence electrons. The fourth-order valence-electron chi connectivity index (χ4n) is 4.70. The monoisotopic (exact) mass is 472 g/mol. The number of nitrogens with zero attached hydrogens (tertiary/aromatic N) is 2. The van der Waals surface area contributed by atoms with Gasteiger partial charge in [-0.3, -0.25) is 14.4 Å². The van der Waals surface area contributed by atoms with Crippen molar-refractivity contribution in [3.63, 3.8) is 0 Å². The summed E-state index contributed by atoms with van der Waals surface area (Å²) < 4.78 is 10.8. The van der Waals surface area contributed by atoms with Crippen LogP contribution < -0.4 is 4.90 Å². The summed E-state index contributed by atoms with van der Waals surface area (Å²) in [6.07, 6.45) is -0.157. The largest absolute Gasteiger partial charge is 0.452 e. The Labute approximate surface area is 202 Å². The number of anilines is 1. The van der Waals surface area contributed by atoms with E-state index in [0.29, 0.717) is 35.3 Å². The smallest absolute Gasteiger partial charge is 0.338 e. The maximum atomic E-state index is 13.2. The zero-order valence-corrected chi connectivity index (χ0v) is 19.4. The third-order valence-electron chi connectivity index (χ3n) is 6.23. The Morgan fingerprint density at radius 1 is 0.886 bits per heavy atom. The quantitative estimate of drug-likeness (QED) is 0.427. The molecule has 1 fully saturated rings. The van der Waals surface area contributed by atoms with Crippen molar-refractivity contribution in [2.45, 2.75) is 26.1 Å². The van der Waals surface area contributed by atoms with E-state index >= 15 is 0 Å². The second kappa shape index (κ2) is 8.96. The zero-order valence-electron chi connectivity index (χ0n) is 19.4. The van der Waals surface area contributed by atoms with Gasteiger partial charge in [0.25, 0.3) is 17.7 Å². The molecule has 2 atom stereocenters. The highest BCUT2D eigenvalue weighted by Gasteiger charge is 2.34. The Kier molecular flexibility index (Phi) is 5.82. The molecule has 3 aromatic rings. The van der Waals surface area contributed by atoms with Crippen molar-refractivity contribution in [3.05, 3.63) is 77.4 Å². The fraction of sp³-hybridized carbons (Fsp3) is 0.259. The lowest BCUT2D eigenvalue weighted by atomic mass is 9.94. The van der Waals surface area contributed by atoms with Crippen LogP contribution in [0.25, 0.3) is 10.8 Å². The van der Waals surface area contributed by atoms with E-state index in [0.717, 1.165) is 10.3 Å². The van der Waals surface area contributed by atoms with Crippen LogP contribution in [0, 0.1) is 0 Å². The first kappa shape index (κ1) is 22.7. The molecular weight excluding hydrogens is 448 g/mol. The molecule has 0 aliphatic carbocycles. The van der Waals surface area contributed by atoms with E-state index in [9.17, 15) is 19.2 Å². The van der Waals surface area contributed by atoms with E-state index in [2.05, 4.69) is 0 Å². The third-order valence-corrected chi connectivity index (χ3v) is 6.23. The normalized spacial score (nSPS) is 19.7. The van der Waals surface area contributed by atoms with E-state index in [1.165, 1.54) is 24.3 Å². The van der Waals surface area contributed by atoms with E-state index in [-0.39, 0.29) is 30.3 Å². The highest BCUT2D eigenvalue weighted by atomic mass is 16.5. The summed E-state index contributed by atoms with van der Waals surface area (Å²) in [7, 11) is 0. The Hall–Kier alpha value is -4.04. The maximum Gasteiger partial charge on any atom is 0.338 e. The van der Waals surface area contributed by atoms with Gasteiger partial charge in [-0.25, -0.2) is 9.69 Å². The minimum Gasteiger partial charge on any atom is -0.452 e. The number of amides is 3. The van der Waals surface area contributed by atoms with Gasteiger partial charge in [0.15, 0.2) is 6.61 Å². The van der Waals surface area contributed by atoms with Crippen molar-refractivity contribution in [1.29, 1.82) is 0 Å². The molecule has 8 heteroatoms. The lowest BCUT2D eigenvalue weighted by Gasteiger charge is -2.35. The summed E-state index contributed by atoms with van der Waals surface area (Å²) in [5, 5.41) is 1.48. The number of rotatable bonds is 4. The second-order valence-electron chi connectivity index (χ2n) is 8.83. The van der Waals surface area contributed by atoms with Gasteiger partial charge in [0, 0.05) is 29.6 Å². The van der Waals surface area contributed by atoms with Crippen LogP contribution in [0.1, 0.15) is 44.9 Å². The molecule has 3 amide bonds. The molecule has 35 heavy (non-hydrogen) atoms. The highest BCUT2D eigenvalue weighted by Crippen LogP contribution is 2.32. The number of hydrogen-bond acceptors (Lipinski definition) is 6. The summed E-state index contributed by atoms with van der Waals surface area (Å²) in [5.41, 5.74) is 1.46. The van der Waals surface area contributed by atoms with E-state index in [4.69, 9.17) is 9.47 Å². The molecule has 8 nitrogen and oxygen atoms in total. The third kappa shape index (κ3) is 4.17. The number of benzene rings is 3. The SMILES string of the molecule is CC1CN(C(=O)COC(=O)c2ccc(N3C(=O)c4cccc5cccc(c45)C3=O)cc2)CC(C)O1. The van der Waals surface area contributed by atoms with Gasteiger partial charge < -0.3 is 14.4 Å². The Balaban J connectivity index is 1.29. The lowest BCUT2D eigenvalue weighted by molar-refractivity contribution is -0.146. The molecule has 2 unspecified atom stereocenters.